The Balaban J connectivity index is 2.22. The van der Waals surface area contributed by atoms with Crippen molar-refractivity contribution in [3.8, 4) is 0 Å². The lowest BCUT2D eigenvalue weighted by Crippen LogP contribution is -2.13. The van der Waals surface area contributed by atoms with E-state index in [1.165, 1.54) is 11.8 Å². The molecule has 0 aliphatic rings. The number of nitrogens with zero attached hydrogens (tertiary/aromatic N) is 1. The number of esters is 1. The highest BCUT2D eigenvalue weighted by Gasteiger charge is 2.22. The topological polar surface area (TPSA) is 39.2 Å². The summed E-state index contributed by atoms with van der Waals surface area (Å²) in [5.74, 6) is -0.212. The van der Waals surface area contributed by atoms with Crippen LogP contribution in [0.4, 0.5) is 0 Å². The van der Waals surface area contributed by atoms with E-state index >= 15 is 0 Å². The van der Waals surface area contributed by atoms with Crippen LogP contribution in [0.5, 0.6) is 0 Å². The molecule has 0 bridgehead atoms. The predicted molar refractivity (Wildman–Crippen MR) is 75.9 cm³/mol. The molecule has 4 heteroatoms. The molecule has 2 aromatic rings. The van der Waals surface area contributed by atoms with Gasteiger partial charge in [0, 0.05) is 17.3 Å². The molecule has 0 N–H and O–H groups in total. The molecule has 0 saturated carbocycles. The van der Waals surface area contributed by atoms with E-state index in [4.69, 9.17) is 4.74 Å². The predicted octanol–water partition coefficient (Wildman–Crippen LogP) is 3.48. The molecule has 1 heterocycles. The smallest absolute Gasteiger partial charge is 0.323 e. The van der Waals surface area contributed by atoms with Gasteiger partial charge in [-0.25, -0.2) is 0 Å². The zero-order valence-electron chi connectivity index (χ0n) is 10.7. The van der Waals surface area contributed by atoms with Gasteiger partial charge in [0.25, 0.3) is 0 Å². The van der Waals surface area contributed by atoms with Crippen LogP contribution in [0.3, 0.4) is 0 Å². The van der Waals surface area contributed by atoms with Crippen molar-refractivity contribution in [2.24, 2.45) is 0 Å². The maximum Gasteiger partial charge on any atom is 0.323 e. The summed E-state index contributed by atoms with van der Waals surface area (Å²) in [4.78, 5) is 17.1. The van der Waals surface area contributed by atoms with Gasteiger partial charge in [-0.2, -0.15) is 0 Å². The van der Waals surface area contributed by atoms with Gasteiger partial charge in [0.05, 0.1) is 6.61 Å². The van der Waals surface area contributed by atoms with E-state index in [0.717, 1.165) is 10.5 Å². The summed E-state index contributed by atoms with van der Waals surface area (Å²) in [5.41, 5.74) is 0.947. The molecule has 0 spiro atoms. The second-order valence-corrected chi connectivity index (χ2v) is 5.02. The zero-order chi connectivity index (χ0) is 13.5. The first-order valence-corrected chi connectivity index (χ1v) is 6.97. The van der Waals surface area contributed by atoms with Gasteiger partial charge in [-0.05, 0) is 24.6 Å². The van der Waals surface area contributed by atoms with Gasteiger partial charge in [-0.3, -0.25) is 9.78 Å². The first-order valence-electron chi connectivity index (χ1n) is 6.09. The SMILES string of the molecule is CCOC(=O)C(Sc1ccncc1)c1ccccc1. The highest BCUT2D eigenvalue weighted by molar-refractivity contribution is 8.00. The van der Waals surface area contributed by atoms with Gasteiger partial charge in [0.15, 0.2) is 0 Å². The van der Waals surface area contributed by atoms with Crippen LogP contribution in [0.25, 0.3) is 0 Å². The number of ether oxygens (including phenoxy) is 1. The van der Waals surface area contributed by atoms with Crippen LogP contribution in [0, 0.1) is 0 Å². The molecule has 1 aromatic heterocycles. The Morgan fingerprint density at radius 1 is 1.21 bits per heavy atom. The van der Waals surface area contributed by atoms with Crippen molar-refractivity contribution in [3.63, 3.8) is 0 Å². The Bertz CT molecular complexity index is 516. The molecular formula is C15H15NO2S. The van der Waals surface area contributed by atoms with E-state index in [0.29, 0.717) is 6.61 Å². The summed E-state index contributed by atoms with van der Waals surface area (Å²) in [5, 5.41) is -0.344. The summed E-state index contributed by atoms with van der Waals surface area (Å²) in [6.45, 7) is 2.20. The first kappa shape index (κ1) is 13.6. The van der Waals surface area contributed by atoms with Crippen LogP contribution in [-0.4, -0.2) is 17.6 Å². The van der Waals surface area contributed by atoms with Crippen LogP contribution >= 0.6 is 11.8 Å². The van der Waals surface area contributed by atoms with Crippen molar-refractivity contribution in [2.75, 3.05) is 6.61 Å². The Kier molecular flexibility index (Phi) is 4.98. The molecule has 0 radical (unpaired) electrons. The second kappa shape index (κ2) is 6.95. The molecule has 0 saturated heterocycles. The number of benzene rings is 1. The normalized spacial score (nSPS) is 11.8. The number of rotatable bonds is 5. The van der Waals surface area contributed by atoms with E-state index in [1.54, 1.807) is 12.4 Å². The van der Waals surface area contributed by atoms with E-state index in [-0.39, 0.29) is 11.2 Å². The second-order valence-electron chi connectivity index (χ2n) is 3.84. The maximum absolute atomic E-state index is 12.1. The average Bonchev–Trinajstić information content (AvgIpc) is 2.47. The van der Waals surface area contributed by atoms with Gasteiger partial charge in [0.2, 0.25) is 0 Å². The van der Waals surface area contributed by atoms with Crippen LogP contribution in [-0.2, 0) is 9.53 Å². The van der Waals surface area contributed by atoms with E-state index in [9.17, 15) is 4.79 Å². The standard InChI is InChI=1S/C15H15NO2S/c1-2-18-15(17)14(12-6-4-3-5-7-12)19-13-8-10-16-11-9-13/h3-11,14H,2H2,1H3. The van der Waals surface area contributed by atoms with Crippen molar-refractivity contribution in [1.29, 1.82) is 0 Å². The summed E-state index contributed by atoms with van der Waals surface area (Å²) in [6, 6.07) is 13.4. The summed E-state index contributed by atoms with van der Waals surface area (Å²) in [7, 11) is 0. The minimum absolute atomic E-state index is 0.212. The van der Waals surface area contributed by atoms with Gasteiger partial charge >= 0.3 is 5.97 Å². The van der Waals surface area contributed by atoms with Gasteiger partial charge in [-0.15, -0.1) is 11.8 Å². The highest BCUT2D eigenvalue weighted by atomic mass is 32.2. The number of hydrogen-bond donors (Lipinski definition) is 0. The van der Waals surface area contributed by atoms with Crippen LogP contribution < -0.4 is 0 Å². The molecule has 1 unspecified atom stereocenters. The van der Waals surface area contributed by atoms with Gasteiger partial charge < -0.3 is 4.74 Å². The molecule has 98 valence electrons. The van der Waals surface area contributed by atoms with E-state index < -0.39 is 0 Å². The average molecular weight is 273 g/mol. The Morgan fingerprint density at radius 2 is 1.89 bits per heavy atom. The molecule has 0 aliphatic carbocycles. The van der Waals surface area contributed by atoms with Gasteiger partial charge in [-0.1, -0.05) is 30.3 Å². The summed E-state index contributed by atoms with van der Waals surface area (Å²) >= 11 is 1.48. The molecule has 0 aliphatic heterocycles. The third-order valence-electron chi connectivity index (χ3n) is 2.51. The number of thioether (sulfide) groups is 1. The van der Waals surface area contributed by atoms with Crippen molar-refractivity contribution < 1.29 is 9.53 Å². The van der Waals surface area contributed by atoms with Crippen molar-refractivity contribution in [2.45, 2.75) is 17.1 Å². The number of pyridine rings is 1. The lowest BCUT2D eigenvalue weighted by molar-refractivity contribution is -0.142. The lowest BCUT2D eigenvalue weighted by Gasteiger charge is -2.15. The van der Waals surface area contributed by atoms with Crippen LogP contribution in [0.2, 0.25) is 0 Å². The lowest BCUT2D eigenvalue weighted by atomic mass is 10.1. The molecule has 0 fully saturated rings. The minimum atomic E-state index is -0.344. The summed E-state index contributed by atoms with van der Waals surface area (Å²) in [6.07, 6.45) is 3.44. The van der Waals surface area contributed by atoms with Crippen molar-refractivity contribution in [1.82, 2.24) is 4.98 Å². The van der Waals surface area contributed by atoms with Gasteiger partial charge in [0.1, 0.15) is 5.25 Å². The monoisotopic (exact) mass is 273 g/mol. The molecule has 1 aromatic carbocycles. The molecular weight excluding hydrogens is 258 g/mol. The van der Waals surface area contributed by atoms with E-state index in [2.05, 4.69) is 4.98 Å². The van der Waals surface area contributed by atoms with Crippen LogP contribution in [0.1, 0.15) is 17.7 Å². The molecule has 2 rings (SSSR count). The Morgan fingerprint density at radius 3 is 2.53 bits per heavy atom. The largest absolute Gasteiger partial charge is 0.465 e. The number of carbonyl (C=O) groups excluding carboxylic acids is 1. The fourth-order valence-corrected chi connectivity index (χ4v) is 2.66. The van der Waals surface area contributed by atoms with Crippen molar-refractivity contribution >= 4 is 17.7 Å². The maximum atomic E-state index is 12.1. The third-order valence-corrected chi connectivity index (χ3v) is 3.75. The van der Waals surface area contributed by atoms with Crippen molar-refractivity contribution in [3.05, 3.63) is 60.4 Å². The van der Waals surface area contributed by atoms with E-state index in [1.807, 2.05) is 49.4 Å². The third kappa shape index (κ3) is 3.83. The molecule has 0 amide bonds. The first-order chi connectivity index (χ1) is 9.31. The quantitative estimate of drug-likeness (QED) is 0.617. The fourth-order valence-electron chi connectivity index (χ4n) is 1.65. The summed E-state index contributed by atoms with van der Waals surface area (Å²) < 4.78 is 5.16. The molecule has 19 heavy (non-hydrogen) atoms. The fraction of sp³-hybridized carbons (Fsp3) is 0.200. The Labute approximate surface area is 117 Å². The van der Waals surface area contributed by atoms with Crippen LogP contribution in [0.15, 0.2) is 59.8 Å². The number of hydrogen-bond acceptors (Lipinski definition) is 4. The molecule has 1 atom stereocenters. The zero-order valence-corrected chi connectivity index (χ0v) is 11.5. The number of aromatic nitrogens is 1. The Hall–Kier alpha value is -1.81. The minimum Gasteiger partial charge on any atom is -0.465 e. The number of carbonyl (C=O) groups is 1. The highest BCUT2D eigenvalue weighted by Crippen LogP contribution is 2.35. The molecule has 3 nitrogen and oxygen atoms in total.